The maximum atomic E-state index is 13.4. The number of hydrogen-bond donors (Lipinski definition) is 0. The molecule has 1 aliphatic rings. The van der Waals surface area contributed by atoms with Crippen LogP contribution in [0.15, 0.2) is 60.7 Å². The normalized spacial score (nSPS) is 12.3. The van der Waals surface area contributed by atoms with Crippen LogP contribution >= 0.6 is 0 Å². The lowest BCUT2D eigenvalue weighted by Gasteiger charge is -2.12. The van der Waals surface area contributed by atoms with E-state index < -0.39 is 0 Å². The van der Waals surface area contributed by atoms with Crippen molar-refractivity contribution in [2.75, 3.05) is 0 Å². The predicted octanol–water partition coefficient (Wildman–Crippen LogP) is 6.04. The van der Waals surface area contributed by atoms with Gasteiger partial charge in [0.05, 0.1) is 16.8 Å². The summed E-state index contributed by atoms with van der Waals surface area (Å²) < 4.78 is 0. The van der Waals surface area contributed by atoms with E-state index in [1.54, 1.807) is 0 Å². The molecule has 1 aliphatic carbocycles. The van der Waals surface area contributed by atoms with Crippen molar-refractivity contribution in [2.24, 2.45) is 0 Å². The third kappa shape index (κ3) is 2.33. The number of hydrogen-bond acceptors (Lipinski definition) is 2. The number of carbonyl (C=O) groups excluding carboxylic acids is 1. The zero-order valence-electron chi connectivity index (χ0n) is 15.6. The van der Waals surface area contributed by atoms with Crippen molar-refractivity contribution in [1.82, 2.24) is 4.98 Å². The van der Waals surface area contributed by atoms with Gasteiger partial charge in [0.2, 0.25) is 0 Å². The van der Waals surface area contributed by atoms with E-state index in [1.165, 1.54) is 11.1 Å². The van der Waals surface area contributed by atoms with Crippen LogP contribution in [0, 0.1) is 20.8 Å². The van der Waals surface area contributed by atoms with Gasteiger partial charge in [-0.05, 0) is 44.5 Å². The zero-order valence-corrected chi connectivity index (χ0v) is 15.6. The molecule has 3 aromatic carbocycles. The molecule has 0 fully saturated rings. The Balaban J connectivity index is 1.95. The van der Waals surface area contributed by atoms with Crippen LogP contribution in [0.1, 0.15) is 32.6 Å². The summed E-state index contributed by atoms with van der Waals surface area (Å²) in [6.45, 7) is 6.23. The van der Waals surface area contributed by atoms with Crippen molar-refractivity contribution in [3.05, 3.63) is 88.5 Å². The lowest BCUT2D eigenvalue weighted by molar-refractivity contribution is 0.104. The molecular weight excluding hydrogens is 330 g/mol. The molecule has 0 saturated heterocycles. The molecule has 2 nitrogen and oxygen atoms in total. The summed E-state index contributed by atoms with van der Waals surface area (Å²) in [6, 6.07) is 20.6. The second-order valence-electron chi connectivity index (χ2n) is 7.48. The number of ketones is 1. The van der Waals surface area contributed by atoms with Gasteiger partial charge in [-0.2, -0.15) is 0 Å². The molecule has 1 aromatic heterocycles. The topological polar surface area (TPSA) is 30.0 Å². The van der Waals surface area contributed by atoms with Gasteiger partial charge in [-0.25, -0.2) is 4.98 Å². The molecule has 4 aromatic rings. The molecule has 0 aliphatic heterocycles. The van der Waals surface area contributed by atoms with Crippen LogP contribution in [0.5, 0.6) is 0 Å². The lowest BCUT2D eigenvalue weighted by atomic mass is 9.95. The average molecular weight is 349 g/mol. The first-order chi connectivity index (χ1) is 13.0. The van der Waals surface area contributed by atoms with Crippen molar-refractivity contribution in [3.63, 3.8) is 0 Å². The highest BCUT2D eigenvalue weighted by Crippen LogP contribution is 2.45. The molecule has 0 amide bonds. The van der Waals surface area contributed by atoms with E-state index in [4.69, 9.17) is 4.98 Å². The van der Waals surface area contributed by atoms with Crippen LogP contribution in [0.25, 0.3) is 33.3 Å². The van der Waals surface area contributed by atoms with E-state index in [1.807, 2.05) is 30.3 Å². The molecule has 0 N–H and O–H groups in total. The van der Waals surface area contributed by atoms with E-state index in [-0.39, 0.29) is 5.78 Å². The first-order valence-corrected chi connectivity index (χ1v) is 9.20. The quantitative estimate of drug-likeness (QED) is 0.369. The molecule has 0 spiro atoms. The second-order valence-corrected chi connectivity index (χ2v) is 7.48. The molecule has 0 atom stereocenters. The fourth-order valence-electron chi connectivity index (χ4n) is 4.23. The van der Waals surface area contributed by atoms with Crippen molar-refractivity contribution in [2.45, 2.75) is 20.8 Å². The largest absolute Gasteiger partial charge is 0.288 e. The van der Waals surface area contributed by atoms with Gasteiger partial charge in [0, 0.05) is 22.1 Å². The zero-order chi connectivity index (χ0) is 18.7. The monoisotopic (exact) mass is 349 g/mol. The van der Waals surface area contributed by atoms with E-state index in [0.29, 0.717) is 0 Å². The molecule has 0 radical (unpaired) electrons. The number of aromatic nitrogens is 1. The number of para-hydroxylation sites is 1. The number of rotatable bonds is 1. The second kappa shape index (κ2) is 5.62. The number of pyridine rings is 1. The Hall–Kier alpha value is -3.26. The molecule has 2 heteroatoms. The Bertz CT molecular complexity index is 1250. The van der Waals surface area contributed by atoms with Gasteiger partial charge >= 0.3 is 0 Å². The molecule has 0 bridgehead atoms. The van der Waals surface area contributed by atoms with Gasteiger partial charge in [-0.3, -0.25) is 4.79 Å². The Morgan fingerprint density at radius 2 is 1.44 bits per heavy atom. The first-order valence-electron chi connectivity index (χ1n) is 9.20. The van der Waals surface area contributed by atoms with Gasteiger partial charge < -0.3 is 0 Å². The van der Waals surface area contributed by atoms with Crippen LogP contribution < -0.4 is 0 Å². The first kappa shape index (κ1) is 16.0. The van der Waals surface area contributed by atoms with Crippen molar-refractivity contribution in [3.8, 4) is 22.4 Å². The highest BCUT2D eigenvalue weighted by atomic mass is 16.1. The summed E-state index contributed by atoms with van der Waals surface area (Å²) in [4.78, 5) is 18.3. The van der Waals surface area contributed by atoms with Crippen LogP contribution in [0.2, 0.25) is 0 Å². The molecule has 130 valence electrons. The highest BCUT2D eigenvalue weighted by molar-refractivity contribution is 6.28. The molecule has 0 saturated carbocycles. The van der Waals surface area contributed by atoms with Gasteiger partial charge in [0.15, 0.2) is 5.78 Å². The molecule has 0 unspecified atom stereocenters. The highest BCUT2D eigenvalue weighted by Gasteiger charge is 2.32. The number of nitrogens with zero attached hydrogens (tertiary/aromatic N) is 1. The van der Waals surface area contributed by atoms with Crippen molar-refractivity contribution >= 4 is 16.7 Å². The maximum absolute atomic E-state index is 13.4. The third-order valence-corrected chi connectivity index (χ3v) is 5.30. The van der Waals surface area contributed by atoms with E-state index in [9.17, 15) is 4.79 Å². The minimum atomic E-state index is 0.0763. The SMILES string of the molecule is Cc1cc(C)cc(-c2nc3ccccc3c3c2C(=O)c2ccc(C)cc2-3)c1. The number of fused-ring (bicyclic) bond motifs is 5. The van der Waals surface area contributed by atoms with Crippen molar-refractivity contribution in [1.29, 1.82) is 0 Å². The van der Waals surface area contributed by atoms with Gasteiger partial charge in [-0.1, -0.05) is 59.2 Å². The Morgan fingerprint density at radius 3 is 2.22 bits per heavy atom. The standard InChI is InChI=1S/C25H19NO/c1-14-8-9-18-20(13-14)22-19-6-4-5-7-21(19)26-24(23(22)25(18)27)17-11-15(2)10-16(3)12-17/h4-13H,1-3H3. The van der Waals surface area contributed by atoms with Crippen LogP contribution in [0.3, 0.4) is 0 Å². The Morgan fingerprint density at radius 1 is 0.704 bits per heavy atom. The number of carbonyl (C=O) groups is 1. The maximum Gasteiger partial charge on any atom is 0.196 e. The Labute approximate surface area is 158 Å². The molecule has 5 rings (SSSR count). The minimum Gasteiger partial charge on any atom is -0.288 e. The van der Waals surface area contributed by atoms with E-state index in [2.05, 4.69) is 51.1 Å². The summed E-state index contributed by atoms with van der Waals surface area (Å²) in [5.74, 6) is 0.0763. The lowest BCUT2D eigenvalue weighted by Crippen LogP contribution is -2.01. The van der Waals surface area contributed by atoms with Crippen LogP contribution in [-0.2, 0) is 0 Å². The number of benzene rings is 3. The third-order valence-electron chi connectivity index (χ3n) is 5.30. The fourth-order valence-corrected chi connectivity index (χ4v) is 4.23. The summed E-state index contributed by atoms with van der Waals surface area (Å²) >= 11 is 0. The van der Waals surface area contributed by atoms with Crippen LogP contribution in [0.4, 0.5) is 0 Å². The Kier molecular flexibility index (Phi) is 3.32. The predicted molar refractivity (Wildman–Crippen MR) is 110 cm³/mol. The van der Waals surface area contributed by atoms with E-state index in [0.717, 1.165) is 50.0 Å². The van der Waals surface area contributed by atoms with Gasteiger partial charge in [-0.15, -0.1) is 0 Å². The summed E-state index contributed by atoms with van der Waals surface area (Å²) in [5.41, 5.74) is 9.79. The van der Waals surface area contributed by atoms with Gasteiger partial charge in [0.25, 0.3) is 0 Å². The van der Waals surface area contributed by atoms with Crippen LogP contribution in [-0.4, -0.2) is 10.8 Å². The number of aryl methyl sites for hydroxylation is 3. The molecule has 27 heavy (non-hydrogen) atoms. The smallest absolute Gasteiger partial charge is 0.196 e. The minimum absolute atomic E-state index is 0.0763. The summed E-state index contributed by atoms with van der Waals surface area (Å²) in [5, 5.41) is 1.04. The molecule has 1 heterocycles. The van der Waals surface area contributed by atoms with Crippen molar-refractivity contribution < 1.29 is 4.79 Å². The summed E-state index contributed by atoms with van der Waals surface area (Å²) in [6.07, 6.45) is 0. The average Bonchev–Trinajstić information content (AvgIpc) is 2.93. The fraction of sp³-hybridized carbons (Fsp3) is 0.120. The van der Waals surface area contributed by atoms with Gasteiger partial charge in [0.1, 0.15) is 0 Å². The molecular formula is C25H19NO. The summed E-state index contributed by atoms with van der Waals surface area (Å²) in [7, 11) is 0. The van der Waals surface area contributed by atoms with E-state index >= 15 is 0 Å².